The number of ether oxygens (including phenoxy) is 3. The van der Waals surface area contributed by atoms with Gasteiger partial charge in [0.1, 0.15) is 35.8 Å². The molecule has 0 saturated heterocycles. The summed E-state index contributed by atoms with van der Waals surface area (Å²) in [5.41, 5.74) is 0.357. The van der Waals surface area contributed by atoms with Crippen LogP contribution in [0.4, 0.5) is 4.79 Å². The van der Waals surface area contributed by atoms with E-state index in [4.69, 9.17) is 23.3 Å². The Balaban J connectivity index is 2.00. The predicted octanol–water partition coefficient (Wildman–Crippen LogP) is 4.91. The molecule has 0 radical (unpaired) electrons. The third-order valence-electron chi connectivity index (χ3n) is 5.26. The fourth-order valence-electron chi connectivity index (χ4n) is 3.51. The van der Waals surface area contributed by atoms with Gasteiger partial charge in [-0.05, 0) is 36.8 Å². The molecule has 0 heterocycles. The van der Waals surface area contributed by atoms with Crippen LogP contribution in [0, 0.1) is 0 Å². The lowest BCUT2D eigenvalue weighted by Crippen LogP contribution is -2.41. The van der Waals surface area contributed by atoms with Crippen molar-refractivity contribution < 1.29 is 45.8 Å². The minimum Gasteiger partial charge on any atom is -0.497 e. The predicted molar refractivity (Wildman–Crippen MR) is 148 cm³/mol. The van der Waals surface area contributed by atoms with E-state index in [0.717, 1.165) is 0 Å². The van der Waals surface area contributed by atoms with Crippen molar-refractivity contribution in [3.8, 4) is 23.0 Å². The van der Waals surface area contributed by atoms with E-state index >= 15 is 0 Å². The van der Waals surface area contributed by atoms with Crippen molar-refractivity contribution in [1.82, 2.24) is 4.90 Å². The van der Waals surface area contributed by atoms with E-state index in [-0.39, 0.29) is 18.1 Å². The quantitative estimate of drug-likeness (QED) is 0.199. The van der Waals surface area contributed by atoms with Crippen LogP contribution < -0.4 is 18.5 Å². The molecule has 0 unspecified atom stereocenters. The summed E-state index contributed by atoms with van der Waals surface area (Å²) >= 11 is 0. The average molecular weight is 592 g/mol. The van der Waals surface area contributed by atoms with Gasteiger partial charge in [-0.2, -0.15) is 0 Å². The Hall–Kier alpha value is -4.02. The molecule has 0 aliphatic rings. The second-order valence-corrected chi connectivity index (χ2v) is 12.0. The fraction of sp³-hybridized carbons (Fsp3) is 0.259. The van der Waals surface area contributed by atoms with Crippen molar-refractivity contribution in [3.63, 3.8) is 0 Å². The summed E-state index contributed by atoms with van der Waals surface area (Å²) in [5, 5.41) is -1.44. The lowest BCUT2D eigenvalue weighted by molar-refractivity contribution is -0.143. The largest absolute Gasteiger partial charge is 0.497 e. The first kappa shape index (κ1) is 30.5. The minimum atomic E-state index is -4.51. The highest BCUT2D eigenvalue weighted by Crippen LogP contribution is 2.50. The fourth-order valence-corrected chi connectivity index (χ4v) is 6.55. The number of amides is 1. The average Bonchev–Trinajstić information content (AvgIpc) is 2.92. The molecule has 0 bridgehead atoms. The van der Waals surface area contributed by atoms with Gasteiger partial charge >= 0.3 is 18.8 Å². The molecule has 0 saturated carbocycles. The Morgan fingerprint density at radius 2 is 1.32 bits per heavy atom. The molecule has 0 fully saturated rings. The summed E-state index contributed by atoms with van der Waals surface area (Å²) in [5.74, 6) is -0.655. The van der Waals surface area contributed by atoms with Crippen molar-refractivity contribution >= 4 is 28.6 Å². The highest BCUT2D eigenvalue weighted by Gasteiger charge is 2.39. The molecule has 214 valence electrons. The zero-order valence-corrected chi connectivity index (χ0v) is 23.9. The normalized spacial score (nSPS) is 11.3. The number of sulfone groups is 1. The molecule has 0 aliphatic carbocycles. The Labute approximate surface area is 233 Å². The van der Waals surface area contributed by atoms with Gasteiger partial charge in [-0.15, -0.1) is 0 Å². The van der Waals surface area contributed by atoms with Crippen LogP contribution in [0.5, 0.6) is 23.0 Å². The standard InChI is InChI=1S/C27H30NO10PS/c1-4-36-26(29)18-28(27(30)40(32,33)19-21-10-6-5-7-11-21)20-39(31,37-24-14-8-12-22(16-24)34-2)38-25-15-9-13-23(17-25)35-3/h5-17H,4,18-20H2,1-3H3. The summed E-state index contributed by atoms with van der Waals surface area (Å²) in [6.45, 7) is 0.725. The van der Waals surface area contributed by atoms with Crippen LogP contribution in [0.2, 0.25) is 0 Å². The second kappa shape index (κ2) is 13.9. The number of rotatable bonds is 13. The van der Waals surface area contributed by atoms with Crippen LogP contribution in [-0.4, -0.2) is 58.2 Å². The Morgan fingerprint density at radius 1 is 0.800 bits per heavy atom. The van der Waals surface area contributed by atoms with Crippen LogP contribution in [0.25, 0.3) is 0 Å². The first-order chi connectivity index (χ1) is 19.1. The van der Waals surface area contributed by atoms with E-state index in [1.807, 2.05) is 0 Å². The minimum absolute atomic E-state index is 0.0179. The Morgan fingerprint density at radius 3 is 1.82 bits per heavy atom. The van der Waals surface area contributed by atoms with Crippen LogP contribution in [-0.2, 0) is 29.7 Å². The SMILES string of the molecule is CCOC(=O)CN(CP(=O)(Oc1cccc(OC)c1)Oc1cccc(OC)c1)C(=O)S(=O)(=O)Cc1ccccc1. The van der Waals surface area contributed by atoms with Gasteiger partial charge in [0.2, 0.25) is 9.84 Å². The number of carbonyl (C=O) groups excluding carboxylic acids is 2. The monoisotopic (exact) mass is 591 g/mol. The van der Waals surface area contributed by atoms with E-state index in [0.29, 0.717) is 22.0 Å². The van der Waals surface area contributed by atoms with E-state index < -0.39 is 47.2 Å². The van der Waals surface area contributed by atoms with Crippen LogP contribution in [0.1, 0.15) is 12.5 Å². The summed E-state index contributed by atoms with van der Waals surface area (Å²) in [6.07, 6.45) is -0.896. The number of carbonyl (C=O) groups is 2. The van der Waals surface area contributed by atoms with Crippen LogP contribution >= 0.6 is 7.60 Å². The van der Waals surface area contributed by atoms with Crippen molar-refractivity contribution in [2.45, 2.75) is 12.7 Å². The third-order valence-corrected chi connectivity index (χ3v) is 8.43. The number of nitrogens with zero attached hydrogens (tertiary/aromatic N) is 1. The smallest absolute Gasteiger partial charge is 0.450 e. The number of hydrogen-bond acceptors (Lipinski definition) is 10. The molecule has 13 heteroatoms. The van der Waals surface area contributed by atoms with Crippen LogP contribution in [0.15, 0.2) is 78.9 Å². The molecular formula is C27H30NO10PS. The maximum Gasteiger partial charge on any atom is 0.450 e. The molecule has 3 aromatic carbocycles. The third kappa shape index (κ3) is 8.75. The van der Waals surface area contributed by atoms with Gasteiger partial charge in [0.25, 0.3) is 0 Å². The lowest BCUT2D eigenvalue weighted by Gasteiger charge is -2.27. The molecule has 11 nitrogen and oxygen atoms in total. The van der Waals surface area contributed by atoms with Gasteiger partial charge in [-0.3, -0.25) is 9.59 Å². The maximum atomic E-state index is 14.2. The van der Waals surface area contributed by atoms with Gasteiger partial charge in [0, 0.05) is 12.1 Å². The molecule has 0 atom stereocenters. The van der Waals surface area contributed by atoms with Crippen LogP contribution in [0.3, 0.4) is 0 Å². The first-order valence-electron chi connectivity index (χ1n) is 12.0. The van der Waals surface area contributed by atoms with Crippen molar-refractivity contribution in [2.24, 2.45) is 0 Å². The highest BCUT2D eigenvalue weighted by atomic mass is 32.2. The molecular weight excluding hydrogens is 561 g/mol. The van der Waals surface area contributed by atoms with Crippen molar-refractivity contribution in [1.29, 1.82) is 0 Å². The van der Waals surface area contributed by atoms with Gasteiger partial charge in [-0.25, -0.2) is 13.0 Å². The summed E-state index contributed by atoms with van der Waals surface area (Å²) < 4.78 is 67.2. The second-order valence-electron chi connectivity index (χ2n) is 8.31. The van der Waals surface area contributed by atoms with Crippen molar-refractivity contribution in [2.75, 3.05) is 33.7 Å². The van der Waals surface area contributed by atoms with E-state index in [9.17, 15) is 22.6 Å². The Bertz CT molecular complexity index is 1410. The zero-order valence-electron chi connectivity index (χ0n) is 22.2. The van der Waals surface area contributed by atoms with Crippen molar-refractivity contribution in [3.05, 3.63) is 84.4 Å². The van der Waals surface area contributed by atoms with E-state index in [2.05, 4.69) is 0 Å². The lowest BCUT2D eigenvalue weighted by atomic mass is 10.2. The summed E-state index contributed by atoms with van der Waals surface area (Å²) in [6, 6.07) is 20.3. The molecule has 3 aromatic rings. The van der Waals surface area contributed by atoms with Gasteiger partial charge in [-0.1, -0.05) is 42.5 Å². The maximum absolute atomic E-state index is 14.2. The molecule has 0 spiro atoms. The first-order valence-corrected chi connectivity index (χ1v) is 15.4. The molecule has 1 amide bonds. The highest BCUT2D eigenvalue weighted by molar-refractivity contribution is 8.05. The summed E-state index contributed by atoms with van der Waals surface area (Å²) in [4.78, 5) is 26.3. The zero-order chi connectivity index (χ0) is 29.2. The number of methoxy groups -OCH3 is 2. The summed E-state index contributed by atoms with van der Waals surface area (Å²) in [7, 11) is -6.08. The Kier molecular flexibility index (Phi) is 10.6. The molecule has 3 rings (SSSR count). The van der Waals surface area contributed by atoms with Gasteiger partial charge in [0.05, 0.1) is 26.6 Å². The molecule has 0 aromatic heterocycles. The van der Waals surface area contributed by atoms with E-state index in [1.54, 1.807) is 61.5 Å². The molecule has 40 heavy (non-hydrogen) atoms. The molecule has 0 aliphatic heterocycles. The topological polar surface area (TPSA) is 135 Å². The number of esters is 1. The van der Waals surface area contributed by atoms with Gasteiger partial charge in [0.15, 0.2) is 0 Å². The van der Waals surface area contributed by atoms with E-state index in [1.165, 1.54) is 38.5 Å². The molecule has 0 N–H and O–H groups in total. The van der Waals surface area contributed by atoms with Gasteiger partial charge < -0.3 is 28.2 Å². The number of hydrogen-bond donors (Lipinski definition) is 0. The number of benzene rings is 3.